The lowest BCUT2D eigenvalue weighted by molar-refractivity contribution is 0.0505. The third-order valence-corrected chi connectivity index (χ3v) is 6.77. The van der Waals surface area contributed by atoms with Crippen LogP contribution in [0.25, 0.3) is 21.5 Å². The molecule has 4 nitrogen and oxygen atoms in total. The van der Waals surface area contributed by atoms with Crippen LogP contribution in [0.4, 0.5) is 0 Å². The smallest absolute Gasteiger partial charge is 0.338 e. The highest BCUT2D eigenvalue weighted by Gasteiger charge is 2.18. The largest absolute Gasteiger partial charge is 0.478 e. The maximum Gasteiger partial charge on any atom is 0.338 e. The van der Waals surface area contributed by atoms with Crippen LogP contribution in [0.2, 0.25) is 0 Å². The van der Waals surface area contributed by atoms with E-state index >= 15 is 0 Å². The van der Waals surface area contributed by atoms with Crippen molar-refractivity contribution in [2.24, 2.45) is 0 Å². The molecule has 162 valence electrons. The fourth-order valence-electron chi connectivity index (χ4n) is 3.67. The van der Waals surface area contributed by atoms with Gasteiger partial charge in [-0.1, -0.05) is 60.7 Å². The van der Waals surface area contributed by atoms with E-state index in [1.807, 2.05) is 84.6 Å². The summed E-state index contributed by atoms with van der Waals surface area (Å²) >= 11 is 1.90. The zero-order valence-electron chi connectivity index (χ0n) is 17.6. The number of ether oxygens (including phenoxy) is 1. The number of benzene rings is 4. The fourth-order valence-corrected chi connectivity index (χ4v) is 4.83. The molecule has 1 fully saturated rings. The van der Waals surface area contributed by atoms with Crippen LogP contribution >= 0.6 is 11.8 Å². The summed E-state index contributed by atoms with van der Waals surface area (Å²) in [5.41, 5.74) is 0.973. The zero-order chi connectivity index (χ0) is 22.3. The molecule has 1 aliphatic rings. The molecule has 32 heavy (non-hydrogen) atoms. The number of rotatable bonds is 4. The number of fused-ring (bicyclic) bond motifs is 2. The van der Waals surface area contributed by atoms with Gasteiger partial charge in [-0.25, -0.2) is 9.59 Å². The van der Waals surface area contributed by atoms with Crippen LogP contribution in [0.5, 0.6) is 0 Å². The molecule has 1 heterocycles. The molecule has 0 aromatic heterocycles. The first-order chi connectivity index (χ1) is 15.6. The molecule has 0 aliphatic carbocycles. The molecular formula is C27H24O4S. The van der Waals surface area contributed by atoms with Crippen molar-refractivity contribution in [1.29, 1.82) is 0 Å². The van der Waals surface area contributed by atoms with Crippen LogP contribution in [0.1, 0.15) is 33.6 Å². The fraction of sp³-hybridized carbons (Fsp3) is 0.185. The van der Waals surface area contributed by atoms with E-state index in [9.17, 15) is 9.59 Å². The first-order valence-corrected chi connectivity index (χ1v) is 11.6. The van der Waals surface area contributed by atoms with Crippen LogP contribution in [0.15, 0.2) is 84.9 Å². The Bertz CT molecular complexity index is 1240. The van der Waals surface area contributed by atoms with Gasteiger partial charge in [-0.15, -0.1) is 0 Å². The molecule has 0 radical (unpaired) electrons. The molecule has 0 unspecified atom stereocenters. The molecule has 4 aromatic carbocycles. The number of esters is 1. The standard InChI is InChI=1S/C16H16O2S.C11H8O2/c17-16(18-11-15-6-3-9-19-15)14-8-7-12-4-1-2-5-13(12)10-14;12-11(13)10-6-5-8-3-1-2-4-9(8)7-10/h1-2,4-5,7-8,10,15H,3,6,9,11H2;1-7H,(H,12,13)/t15-;/m0./s1. The third-order valence-electron chi connectivity index (χ3n) is 5.41. The Hall–Kier alpha value is -3.31. The Morgan fingerprint density at radius 3 is 1.94 bits per heavy atom. The van der Waals surface area contributed by atoms with Gasteiger partial charge in [-0.2, -0.15) is 11.8 Å². The van der Waals surface area contributed by atoms with Crippen LogP contribution in [0, 0.1) is 0 Å². The molecule has 1 atom stereocenters. The van der Waals surface area contributed by atoms with E-state index in [1.54, 1.807) is 12.1 Å². The molecule has 5 heteroatoms. The predicted molar refractivity (Wildman–Crippen MR) is 131 cm³/mol. The summed E-state index contributed by atoms with van der Waals surface area (Å²) in [6.45, 7) is 0.538. The Balaban J connectivity index is 0.000000165. The number of carboxylic acid groups (broad SMARTS) is 1. The first kappa shape index (κ1) is 21.9. The van der Waals surface area contributed by atoms with Gasteiger partial charge in [0, 0.05) is 5.25 Å². The molecule has 1 saturated heterocycles. The minimum absolute atomic E-state index is 0.210. The molecule has 0 bridgehead atoms. The molecule has 0 spiro atoms. The number of carbonyl (C=O) groups excluding carboxylic acids is 1. The molecular weight excluding hydrogens is 420 g/mol. The Morgan fingerprint density at radius 1 is 0.812 bits per heavy atom. The number of hydrogen-bond donors (Lipinski definition) is 1. The minimum Gasteiger partial charge on any atom is -0.478 e. The van der Waals surface area contributed by atoms with Crippen molar-refractivity contribution < 1.29 is 19.4 Å². The number of carboxylic acids is 1. The number of hydrogen-bond acceptors (Lipinski definition) is 4. The highest BCUT2D eigenvalue weighted by molar-refractivity contribution is 8.00. The highest BCUT2D eigenvalue weighted by atomic mass is 32.2. The van der Waals surface area contributed by atoms with Gasteiger partial charge in [0.1, 0.15) is 6.61 Å². The van der Waals surface area contributed by atoms with Gasteiger partial charge in [0.25, 0.3) is 0 Å². The van der Waals surface area contributed by atoms with E-state index in [2.05, 4.69) is 0 Å². The SMILES string of the molecule is O=C(O)c1ccc2ccccc2c1.O=C(OC[C@@H]1CCCS1)c1ccc2ccccc2c1. The average Bonchev–Trinajstić information content (AvgIpc) is 3.36. The van der Waals surface area contributed by atoms with Crippen LogP contribution in [0.3, 0.4) is 0 Å². The van der Waals surface area contributed by atoms with E-state index < -0.39 is 5.97 Å². The van der Waals surface area contributed by atoms with Gasteiger partial charge in [-0.05, 0) is 64.4 Å². The van der Waals surface area contributed by atoms with Crippen LogP contribution in [-0.2, 0) is 4.74 Å². The number of carbonyl (C=O) groups is 2. The van der Waals surface area contributed by atoms with E-state index in [4.69, 9.17) is 9.84 Å². The third kappa shape index (κ3) is 5.48. The minimum atomic E-state index is -0.884. The second-order valence-electron chi connectivity index (χ2n) is 7.66. The maximum absolute atomic E-state index is 12.0. The van der Waals surface area contributed by atoms with Crippen molar-refractivity contribution in [1.82, 2.24) is 0 Å². The molecule has 1 aliphatic heterocycles. The summed E-state index contributed by atoms with van der Waals surface area (Å²) in [6.07, 6.45) is 2.40. The van der Waals surface area contributed by atoms with Gasteiger partial charge < -0.3 is 9.84 Å². The van der Waals surface area contributed by atoms with Gasteiger partial charge in [-0.3, -0.25) is 0 Å². The summed E-state index contributed by atoms with van der Waals surface area (Å²) in [4.78, 5) is 22.7. The summed E-state index contributed by atoms with van der Waals surface area (Å²) < 4.78 is 5.40. The summed E-state index contributed by atoms with van der Waals surface area (Å²) in [5.74, 6) is 0.0991. The molecule has 1 N–H and O–H groups in total. The lowest BCUT2D eigenvalue weighted by atomic mass is 10.1. The van der Waals surface area contributed by atoms with E-state index in [0.717, 1.165) is 28.0 Å². The van der Waals surface area contributed by atoms with Gasteiger partial charge in [0.15, 0.2) is 0 Å². The summed E-state index contributed by atoms with van der Waals surface area (Å²) in [5, 5.41) is 13.5. The van der Waals surface area contributed by atoms with Gasteiger partial charge in [0.05, 0.1) is 11.1 Å². The Labute approximate surface area is 191 Å². The van der Waals surface area contributed by atoms with Crippen molar-refractivity contribution in [3.05, 3.63) is 96.1 Å². The second kappa shape index (κ2) is 10.3. The van der Waals surface area contributed by atoms with E-state index in [-0.39, 0.29) is 5.97 Å². The lowest BCUT2D eigenvalue weighted by Crippen LogP contribution is -2.13. The van der Waals surface area contributed by atoms with Crippen molar-refractivity contribution in [3.8, 4) is 0 Å². The van der Waals surface area contributed by atoms with Crippen molar-refractivity contribution in [2.45, 2.75) is 18.1 Å². The summed E-state index contributed by atoms with van der Waals surface area (Å²) in [6, 6.07) is 26.5. The van der Waals surface area contributed by atoms with Gasteiger partial charge >= 0.3 is 11.9 Å². The van der Waals surface area contributed by atoms with Crippen molar-refractivity contribution in [3.63, 3.8) is 0 Å². The molecule has 0 saturated carbocycles. The predicted octanol–water partition coefficient (Wildman–Crippen LogP) is 6.43. The number of thioether (sulfide) groups is 1. The number of aromatic carboxylic acids is 1. The van der Waals surface area contributed by atoms with Crippen LogP contribution in [-0.4, -0.2) is 34.7 Å². The topological polar surface area (TPSA) is 63.6 Å². The highest BCUT2D eigenvalue weighted by Crippen LogP contribution is 2.26. The van der Waals surface area contributed by atoms with Crippen molar-refractivity contribution >= 4 is 45.2 Å². The molecule has 4 aromatic rings. The second-order valence-corrected chi connectivity index (χ2v) is 9.07. The zero-order valence-corrected chi connectivity index (χ0v) is 18.4. The molecule has 5 rings (SSSR count). The quantitative estimate of drug-likeness (QED) is 0.368. The molecule has 0 amide bonds. The summed E-state index contributed by atoms with van der Waals surface area (Å²) in [7, 11) is 0. The van der Waals surface area contributed by atoms with E-state index in [1.165, 1.54) is 12.2 Å². The Morgan fingerprint density at radius 2 is 1.38 bits per heavy atom. The Kier molecular flexibility index (Phi) is 7.07. The van der Waals surface area contributed by atoms with Crippen LogP contribution < -0.4 is 0 Å². The average molecular weight is 445 g/mol. The van der Waals surface area contributed by atoms with E-state index in [0.29, 0.717) is 23.0 Å². The monoisotopic (exact) mass is 444 g/mol. The van der Waals surface area contributed by atoms with Crippen molar-refractivity contribution in [2.75, 3.05) is 12.4 Å². The first-order valence-electron chi connectivity index (χ1n) is 10.6. The lowest BCUT2D eigenvalue weighted by Gasteiger charge is -2.10. The van der Waals surface area contributed by atoms with Gasteiger partial charge in [0.2, 0.25) is 0 Å². The normalized spacial score (nSPS) is 15.2. The maximum atomic E-state index is 12.0.